The number of hydrogen-bond donors (Lipinski definition) is 1. The van der Waals surface area contributed by atoms with Crippen LogP contribution in [0.4, 0.5) is 11.5 Å². The van der Waals surface area contributed by atoms with Crippen molar-refractivity contribution in [2.45, 2.75) is 26.8 Å². The molecular weight excluding hydrogens is 248 g/mol. The Kier molecular flexibility index (Phi) is 3.46. The van der Waals surface area contributed by atoms with Crippen LogP contribution in [0.25, 0.3) is 0 Å². The minimum atomic E-state index is -0.478. The third-order valence-corrected chi connectivity index (χ3v) is 2.84. The molecular formula is C12H14N4O3. The Hall–Kier alpha value is -2.44. The van der Waals surface area contributed by atoms with E-state index in [1.165, 1.54) is 12.3 Å². The molecule has 100 valence electrons. The van der Waals surface area contributed by atoms with Crippen LogP contribution in [0.1, 0.15) is 30.0 Å². The van der Waals surface area contributed by atoms with Crippen LogP contribution >= 0.6 is 0 Å². The summed E-state index contributed by atoms with van der Waals surface area (Å²) in [6.45, 7) is 5.67. The van der Waals surface area contributed by atoms with Gasteiger partial charge in [0, 0.05) is 11.6 Å². The molecule has 1 atom stereocenters. The van der Waals surface area contributed by atoms with Crippen molar-refractivity contribution in [1.29, 1.82) is 0 Å². The molecule has 2 aromatic heterocycles. The van der Waals surface area contributed by atoms with Crippen molar-refractivity contribution in [3.63, 3.8) is 0 Å². The first kappa shape index (κ1) is 13.0. The topological polar surface area (TPSA) is 94.1 Å². The van der Waals surface area contributed by atoms with E-state index in [1.54, 1.807) is 6.07 Å². The zero-order chi connectivity index (χ0) is 14.0. The molecule has 0 aliphatic rings. The zero-order valence-corrected chi connectivity index (χ0v) is 10.9. The predicted octanol–water partition coefficient (Wildman–Crippen LogP) is 2.77. The van der Waals surface area contributed by atoms with E-state index in [2.05, 4.69) is 15.5 Å². The first-order valence-electron chi connectivity index (χ1n) is 5.78. The molecule has 0 saturated heterocycles. The highest BCUT2D eigenvalue weighted by Gasteiger charge is 2.16. The quantitative estimate of drug-likeness (QED) is 0.672. The van der Waals surface area contributed by atoms with E-state index in [9.17, 15) is 10.1 Å². The van der Waals surface area contributed by atoms with Gasteiger partial charge in [-0.3, -0.25) is 10.1 Å². The highest BCUT2D eigenvalue weighted by molar-refractivity contribution is 5.43. The van der Waals surface area contributed by atoms with E-state index in [0.29, 0.717) is 5.82 Å². The van der Waals surface area contributed by atoms with Crippen molar-refractivity contribution in [2.75, 3.05) is 5.32 Å². The second-order valence-electron chi connectivity index (χ2n) is 4.26. The second kappa shape index (κ2) is 5.05. The predicted molar refractivity (Wildman–Crippen MR) is 68.9 cm³/mol. The number of rotatable bonds is 4. The Labute approximate surface area is 109 Å². The van der Waals surface area contributed by atoms with Crippen molar-refractivity contribution in [1.82, 2.24) is 10.1 Å². The van der Waals surface area contributed by atoms with Gasteiger partial charge in [-0.15, -0.1) is 0 Å². The Morgan fingerprint density at radius 1 is 1.42 bits per heavy atom. The molecule has 7 nitrogen and oxygen atoms in total. The summed E-state index contributed by atoms with van der Waals surface area (Å²) in [4.78, 5) is 14.1. The average molecular weight is 262 g/mol. The van der Waals surface area contributed by atoms with Gasteiger partial charge in [0.15, 0.2) is 0 Å². The Morgan fingerprint density at radius 3 is 2.63 bits per heavy atom. The van der Waals surface area contributed by atoms with E-state index in [-0.39, 0.29) is 11.7 Å². The Morgan fingerprint density at radius 2 is 2.16 bits per heavy atom. The standard InChI is InChI=1S/C12H14N4O3/c1-7(12-8(2)15-19-9(12)3)14-11-5-4-10(6-13-11)16(17)18/h4-7H,1-3H3,(H,13,14). The lowest BCUT2D eigenvalue weighted by Crippen LogP contribution is -2.09. The highest BCUT2D eigenvalue weighted by atomic mass is 16.6. The number of hydrogen-bond acceptors (Lipinski definition) is 6. The minimum absolute atomic E-state index is 0.0319. The molecule has 0 aliphatic heterocycles. The van der Waals surface area contributed by atoms with Gasteiger partial charge >= 0.3 is 0 Å². The Balaban J connectivity index is 2.15. The summed E-state index contributed by atoms with van der Waals surface area (Å²) < 4.78 is 5.10. The molecule has 2 aromatic rings. The molecule has 0 aromatic carbocycles. The third-order valence-electron chi connectivity index (χ3n) is 2.84. The number of aromatic nitrogens is 2. The van der Waals surface area contributed by atoms with Crippen LogP contribution < -0.4 is 5.32 Å². The lowest BCUT2D eigenvalue weighted by molar-refractivity contribution is -0.385. The molecule has 0 spiro atoms. The average Bonchev–Trinajstić information content (AvgIpc) is 2.69. The van der Waals surface area contributed by atoms with Crippen LogP contribution in [0, 0.1) is 24.0 Å². The SMILES string of the molecule is Cc1noc(C)c1C(C)Nc1ccc([N+](=O)[O-])cn1. The summed E-state index contributed by atoms with van der Waals surface area (Å²) >= 11 is 0. The molecule has 1 unspecified atom stereocenters. The maximum Gasteiger partial charge on any atom is 0.287 e. The van der Waals surface area contributed by atoms with Gasteiger partial charge in [0.05, 0.1) is 16.7 Å². The summed E-state index contributed by atoms with van der Waals surface area (Å²) in [6, 6.07) is 2.95. The monoisotopic (exact) mass is 262 g/mol. The Bertz CT molecular complexity index is 572. The maximum atomic E-state index is 10.5. The van der Waals surface area contributed by atoms with Crippen LogP contribution in [0.5, 0.6) is 0 Å². The normalized spacial score (nSPS) is 12.2. The van der Waals surface area contributed by atoms with Gasteiger partial charge in [-0.2, -0.15) is 0 Å². The van der Waals surface area contributed by atoms with Crippen LogP contribution in [0.2, 0.25) is 0 Å². The lowest BCUT2D eigenvalue weighted by Gasteiger charge is -2.13. The maximum absolute atomic E-state index is 10.5. The molecule has 0 aliphatic carbocycles. The van der Waals surface area contributed by atoms with Crippen LogP contribution in [0.3, 0.4) is 0 Å². The van der Waals surface area contributed by atoms with E-state index in [0.717, 1.165) is 17.0 Å². The zero-order valence-electron chi connectivity index (χ0n) is 10.9. The van der Waals surface area contributed by atoms with Gasteiger partial charge in [-0.25, -0.2) is 4.98 Å². The van der Waals surface area contributed by atoms with E-state index in [4.69, 9.17) is 4.52 Å². The first-order chi connectivity index (χ1) is 8.99. The number of anilines is 1. The molecule has 2 heterocycles. The number of nitro groups is 1. The molecule has 0 radical (unpaired) electrons. The van der Waals surface area contributed by atoms with Crippen molar-refractivity contribution in [3.8, 4) is 0 Å². The summed E-state index contributed by atoms with van der Waals surface area (Å²) in [5.41, 5.74) is 1.76. The molecule has 2 rings (SSSR count). The fourth-order valence-electron chi connectivity index (χ4n) is 1.98. The third kappa shape index (κ3) is 2.70. The van der Waals surface area contributed by atoms with Crippen LogP contribution in [-0.2, 0) is 0 Å². The first-order valence-corrected chi connectivity index (χ1v) is 5.78. The van der Waals surface area contributed by atoms with Crippen molar-refractivity contribution >= 4 is 11.5 Å². The van der Waals surface area contributed by atoms with Crippen molar-refractivity contribution in [2.24, 2.45) is 0 Å². The minimum Gasteiger partial charge on any atom is -0.363 e. The lowest BCUT2D eigenvalue weighted by atomic mass is 10.1. The summed E-state index contributed by atoms with van der Waals surface area (Å²) in [5, 5.41) is 17.6. The fourth-order valence-corrected chi connectivity index (χ4v) is 1.98. The van der Waals surface area contributed by atoms with E-state index in [1.807, 2.05) is 20.8 Å². The van der Waals surface area contributed by atoms with Gasteiger partial charge in [-0.05, 0) is 26.8 Å². The van der Waals surface area contributed by atoms with Gasteiger partial charge < -0.3 is 9.84 Å². The fraction of sp³-hybridized carbons (Fsp3) is 0.333. The van der Waals surface area contributed by atoms with E-state index < -0.39 is 4.92 Å². The summed E-state index contributed by atoms with van der Waals surface area (Å²) in [7, 11) is 0. The van der Waals surface area contributed by atoms with Crippen molar-refractivity contribution < 1.29 is 9.45 Å². The molecule has 0 amide bonds. The van der Waals surface area contributed by atoms with Gasteiger partial charge in [0.25, 0.3) is 5.69 Å². The molecule has 0 bridgehead atoms. The van der Waals surface area contributed by atoms with Gasteiger partial charge in [0.2, 0.25) is 0 Å². The number of pyridine rings is 1. The number of nitrogens with one attached hydrogen (secondary N) is 1. The van der Waals surface area contributed by atoms with Crippen LogP contribution in [0.15, 0.2) is 22.9 Å². The van der Waals surface area contributed by atoms with E-state index >= 15 is 0 Å². The van der Waals surface area contributed by atoms with Gasteiger partial charge in [0.1, 0.15) is 17.8 Å². The smallest absolute Gasteiger partial charge is 0.287 e. The number of nitrogens with zero attached hydrogens (tertiary/aromatic N) is 3. The second-order valence-corrected chi connectivity index (χ2v) is 4.26. The highest BCUT2D eigenvalue weighted by Crippen LogP contribution is 2.24. The van der Waals surface area contributed by atoms with Gasteiger partial charge in [-0.1, -0.05) is 5.16 Å². The summed E-state index contributed by atoms with van der Waals surface area (Å²) in [6.07, 6.45) is 1.22. The molecule has 1 N–H and O–H groups in total. The largest absolute Gasteiger partial charge is 0.363 e. The van der Waals surface area contributed by atoms with Crippen LogP contribution in [-0.4, -0.2) is 15.1 Å². The van der Waals surface area contributed by atoms with Crippen molar-refractivity contribution in [3.05, 3.63) is 45.5 Å². The number of aryl methyl sites for hydroxylation is 2. The molecule has 0 fully saturated rings. The molecule has 19 heavy (non-hydrogen) atoms. The molecule has 0 saturated carbocycles. The summed E-state index contributed by atoms with van der Waals surface area (Å²) in [5.74, 6) is 1.32. The molecule has 7 heteroatoms.